The molecule has 1 aliphatic heterocycles. The lowest BCUT2D eigenvalue weighted by atomic mass is 10.1. The fourth-order valence-corrected chi connectivity index (χ4v) is 3.00. The van der Waals surface area contributed by atoms with Gasteiger partial charge < -0.3 is 10.1 Å². The molecule has 0 spiro atoms. The van der Waals surface area contributed by atoms with Crippen molar-refractivity contribution in [2.45, 2.75) is 26.4 Å². The van der Waals surface area contributed by atoms with Gasteiger partial charge in [0.25, 0.3) is 0 Å². The third-order valence-corrected chi connectivity index (χ3v) is 4.84. The quantitative estimate of drug-likeness (QED) is 0.919. The highest BCUT2D eigenvalue weighted by Gasteiger charge is 2.25. The van der Waals surface area contributed by atoms with E-state index >= 15 is 0 Å². The number of nitrogens with zero attached hydrogens (tertiary/aromatic N) is 1. The second-order valence-corrected chi connectivity index (χ2v) is 6.41. The molecule has 0 aromatic heterocycles. The van der Waals surface area contributed by atoms with Crippen molar-refractivity contribution >= 4 is 23.2 Å². The van der Waals surface area contributed by atoms with Crippen molar-refractivity contribution in [3.63, 3.8) is 0 Å². The molecular formula is C19H21ClN2O2. The molecule has 0 bridgehead atoms. The van der Waals surface area contributed by atoms with Gasteiger partial charge >= 0.3 is 0 Å². The van der Waals surface area contributed by atoms with Gasteiger partial charge in [-0.3, -0.25) is 9.69 Å². The number of ether oxygens (including phenoxy) is 1. The highest BCUT2D eigenvalue weighted by atomic mass is 35.5. The molecule has 2 aromatic carbocycles. The monoisotopic (exact) mass is 344 g/mol. The molecule has 5 heteroatoms. The Morgan fingerprint density at radius 3 is 2.88 bits per heavy atom. The predicted octanol–water partition coefficient (Wildman–Crippen LogP) is 3.87. The smallest absolute Gasteiger partial charge is 0.241 e. The third-order valence-electron chi connectivity index (χ3n) is 4.43. The summed E-state index contributed by atoms with van der Waals surface area (Å²) in [6.45, 7) is 5.80. The van der Waals surface area contributed by atoms with Gasteiger partial charge in [-0.1, -0.05) is 35.9 Å². The van der Waals surface area contributed by atoms with Crippen molar-refractivity contribution < 1.29 is 9.53 Å². The summed E-state index contributed by atoms with van der Waals surface area (Å²) in [6.07, 6.45) is 0. The van der Waals surface area contributed by atoms with E-state index in [1.807, 2.05) is 56.3 Å². The largest absolute Gasteiger partial charge is 0.492 e. The average Bonchev–Trinajstić information content (AvgIpc) is 2.80. The maximum Gasteiger partial charge on any atom is 0.241 e. The zero-order chi connectivity index (χ0) is 17.1. The zero-order valence-corrected chi connectivity index (χ0v) is 14.6. The van der Waals surface area contributed by atoms with Crippen LogP contribution in [0, 0.1) is 6.92 Å². The number of halogens is 1. The van der Waals surface area contributed by atoms with Crippen LogP contribution in [0.5, 0.6) is 5.75 Å². The molecule has 1 heterocycles. The molecule has 1 atom stereocenters. The molecule has 126 valence electrons. The van der Waals surface area contributed by atoms with Crippen LogP contribution in [0.25, 0.3) is 0 Å². The number of hydrogen-bond acceptors (Lipinski definition) is 3. The van der Waals surface area contributed by atoms with Crippen LogP contribution in [0.1, 0.15) is 18.1 Å². The number of carbonyl (C=O) groups is 1. The van der Waals surface area contributed by atoms with Crippen molar-refractivity contribution in [1.82, 2.24) is 4.90 Å². The van der Waals surface area contributed by atoms with Gasteiger partial charge in [-0.2, -0.15) is 0 Å². The summed E-state index contributed by atoms with van der Waals surface area (Å²) in [5.74, 6) is 0.859. The minimum Gasteiger partial charge on any atom is -0.492 e. The fraction of sp³-hybridized carbons (Fsp3) is 0.316. The van der Waals surface area contributed by atoms with E-state index in [-0.39, 0.29) is 11.9 Å². The molecule has 1 N–H and O–H groups in total. The van der Waals surface area contributed by atoms with E-state index in [4.69, 9.17) is 16.3 Å². The number of benzene rings is 2. The summed E-state index contributed by atoms with van der Waals surface area (Å²) in [6, 6.07) is 13.2. The Morgan fingerprint density at radius 1 is 1.25 bits per heavy atom. The minimum absolute atomic E-state index is 0.0419. The van der Waals surface area contributed by atoms with Crippen molar-refractivity contribution in [2.24, 2.45) is 0 Å². The number of nitrogens with one attached hydrogen (secondary N) is 1. The summed E-state index contributed by atoms with van der Waals surface area (Å²) in [7, 11) is 0. The number of anilines is 1. The van der Waals surface area contributed by atoms with E-state index in [0.717, 1.165) is 22.6 Å². The fourth-order valence-electron chi connectivity index (χ4n) is 2.82. The number of carbonyl (C=O) groups excluding carboxylic acids is 1. The summed E-state index contributed by atoms with van der Waals surface area (Å²) < 4.78 is 5.77. The number of para-hydroxylation sites is 1. The molecule has 3 rings (SSSR count). The molecule has 4 nitrogen and oxygen atoms in total. The second-order valence-electron chi connectivity index (χ2n) is 6.00. The van der Waals surface area contributed by atoms with Crippen molar-refractivity contribution in [1.29, 1.82) is 0 Å². The van der Waals surface area contributed by atoms with Gasteiger partial charge in [0, 0.05) is 29.4 Å². The second kappa shape index (κ2) is 7.24. The van der Waals surface area contributed by atoms with Gasteiger partial charge in [0.05, 0.1) is 6.04 Å². The van der Waals surface area contributed by atoms with Gasteiger partial charge in [-0.15, -0.1) is 0 Å². The van der Waals surface area contributed by atoms with Gasteiger partial charge in [0.1, 0.15) is 12.4 Å². The lowest BCUT2D eigenvalue weighted by molar-refractivity contribution is -0.121. The molecule has 1 aliphatic rings. The summed E-state index contributed by atoms with van der Waals surface area (Å²) >= 11 is 6.13. The van der Waals surface area contributed by atoms with Crippen LogP contribution in [0.15, 0.2) is 42.5 Å². The maximum absolute atomic E-state index is 12.7. The van der Waals surface area contributed by atoms with E-state index in [1.165, 1.54) is 0 Å². The summed E-state index contributed by atoms with van der Waals surface area (Å²) in [5.41, 5.74) is 2.74. The SMILES string of the molecule is Cc1c(Cl)cccc1NC(=O)C(C)N1CCOc2ccccc2C1. The molecular weight excluding hydrogens is 324 g/mol. The van der Waals surface area contributed by atoms with Gasteiger partial charge in [-0.25, -0.2) is 0 Å². The molecule has 2 aromatic rings. The van der Waals surface area contributed by atoms with E-state index in [1.54, 1.807) is 0 Å². The number of hydrogen-bond donors (Lipinski definition) is 1. The Balaban J connectivity index is 1.72. The highest BCUT2D eigenvalue weighted by Crippen LogP contribution is 2.25. The van der Waals surface area contributed by atoms with E-state index in [2.05, 4.69) is 10.2 Å². The zero-order valence-electron chi connectivity index (χ0n) is 13.9. The lowest BCUT2D eigenvalue weighted by Crippen LogP contribution is -2.42. The Bertz CT molecular complexity index is 748. The van der Waals surface area contributed by atoms with Crippen LogP contribution >= 0.6 is 11.6 Å². The van der Waals surface area contributed by atoms with Crippen molar-refractivity contribution in [3.05, 3.63) is 58.6 Å². The molecule has 0 saturated heterocycles. The first-order valence-electron chi connectivity index (χ1n) is 8.07. The first kappa shape index (κ1) is 16.8. The van der Waals surface area contributed by atoms with Crippen molar-refractivity contribution in [3.8, 4) is 5.75 Å². The maximum atomic E-state index is 12.7. The van der Waals surface area contributed by atoms with Crippen LogP contribution < -0.4 is 10.1 Å². The van der Waals surface area contributed by atoms with Gasteiger partial charge in [0.15, 0.2) is 0 Å². The summed E-state index contributed by atoms with van der Waals surface area (Å²) in [4.78, 5) is 14.8. The Labute approximate surface area is 147 Å². The third kappa shape index (κ3) is 3.55. The van der Waals surface area contributed by atoms with E-state index in [9.17, 15) is 4.79 Å². The number of amides is 1. The summed E-state index contributed by atoms with van der Waals surface area (Å²) in [5, 5.41) is 3.64. The Kier molecular flexibility index (Phi) is 5.07. The number of fused-ring (bicyclic) bond motifs is 1. The minimum atomic E-state index is -0.266. The standard InChI is InChI=1S/C19H21ClN2O2/c1-13-16(20)7-5-8-17(13)21-19(23)14(2)22-10-11-24-18-9-4-3-6-15(18)12-22/h3-9,14H,10-12H2,1-2H3,(H,21,23). The highest BCUT2D eigenvalue weighted by molar-refractivity contribution is 6.31. The van der Waals surface area contributed by atoms with Crippen LogP contribution in [0.3, 0.4) is 0 Å². The van der Waals surface area contributed by atoms with Crippen LogP contribution in [-0.2, 0) is 11.3 Å². The van der Waals surface area contributed by atoms with Gasteiger partial charge in [-0.05, 0) is 37.6 Å². The Hall–Kier alpha value is -2.04. The topological polar surface area (TPSA) is 41.6 Å². The molecule has 0 aliphatic carbocycles. The predicted molar refractivity (Wildman–Crippen MR) is 96.6 cm³/mol. The molecule has 0 fully saturated rings. The van der Waals surface area contributed by atoms with Crippen molar-refractivity contribution in [2.75, 3.05) is 18.5 Å². The lowest BCUT2D eigenvalue weighted by Gasteiger charge is -2.26. The average molecular weight is 345 g/mol. The van der Waals surface area contributed by atoms with Gasteiger partial charge in [0.2, 0.25) is 5.91 Å². The molecule has 0 radical (unpaired) electrons. The molecule has 0 saturated carbocycles. The normalized spacial score (nSPS) is 15.8. The van der Waals surface area contributed by atoms with E-state index in [0.29, 0.717) is 24.7 Å². The molecule has 1 amide bonds. The first-order chi connectivity index (χ1) is 11.6. The van der Waals surface area contributed by atoms with Crippen LogP contribution in [-0.4, -0.2) is 30.0 Å². The first-order valence-corrected chi connectivity index (χ1v) is 8.45. The Morgan fingerprint density at radius 2 is 2.04 bits per heavy atom. The number of rotatable bonds is 3. The van der Waals surface area contributed by atoms with Crippen LogP contribution in [0.4, 0.5) is 5.69 Å². The van der Waals surface area contributed by atoms with E-state index < -0.39 is 0 Å². The van der Waals surface area contributed by atoms with Crippen LogP contribution in [0.2, 0.25) is 5.02 Å². The molecule has 1 unspecified atom stereocenters. The molecule has 24 heavy (non-hydrogen) atoms.